The highest BCUT2D eigenvalue weighted by atomic mass is 16.3. The van der Waals surface area contributed by atoms with Crippen molar-refractivity contribution in [1.82, 2.24) is 4.90 Å². The Bertz CT molecular complexity index is 349. The molecule has 1 aliphatic carbocycles. The monoisotopic (exact) mass is 248 g/mol. The van der Waals surface area contributed by atoms with Crippen LogP contribution in [0, 0.1) is 5.92 Å². The number of aliphatic hydroxyl groups is 1. The molecule has 0 spiro atoms. The zero-order chi connectivity index (χ0) is 13.0. The van der Waals surface area contributed by atoms with Crippen molar-refractivity contribution in [3.05, 3.63) is 35.9 Å². The van der Waals surface area contributed by atoms with Gasteiger partial charge in [-0.25, -0.2) is 0 Å². The summed E-state index contributed by atoms with van der Waals surface area (Å²) in [6.45, 7) is 2.75. The van der Waals surface area contributed by atoms with Crippen LogP contribution < -0.4 is 5.73 Å². The summed E-state index contributed by atoms with van der Waals surface area (Å²) in [6, 6.07) is 10.5. The second-order valence-electron chi connectivity index (χ2n) is 5.56. The number of rotatable bonds is 6. The minimum Gasteiger partial charge on any atom is -0.393 e. The zero-order valence-electron chi connectivity index (χ0n) is 11.1. The van der Waals surface area contributed by atoms with E-state index < -0.39 is 0 Å². The summed E-state index contributed by atoms with van der Waals surface area (Å²) in [5.41, 5.74) is 7.21. The third kappa shape index (κ3) is 3.55. The van der Waals surface area contributed by atoms with Crippen LogP contribution in [0.25, 0.3) is 0 Å². The van der Waals surface area contributed by atoms with Crippen molar-refractivity contribution in [1.29, 1.82) is 0 Å². The molecular formula is C15H24N2O. The minimum absolute atomic E-state index is 0.0529. The maximum absolute atomic E-state index is 9.30. The number of nitrogens with two attached hydrogens (primary N) is 1. The number of hydrogen-bond donors (Lipinski definition) is 2. The van der Waals surface area contributed by atoms with Gasteiger partial charge in [0.2, 0.25) is 0 Å². The molecule has 0 radical (unpaired) electrons. The lowest BCUT2D eigenvalue weighted by Crippen LogP contribution is -2.39. The molecule has 1 saturated carbocycles. The lowest BCUT2D eigenvalue weighted by atomic mass is 9.82. The average molecular weight is 248 g/mol. The number of likely N-dealkylation sites (N-methyl/N-ethyl adjacent to an activating group) is 1. The average Bonchev–Trinajstić information content (AvgIpc) is 2.35. The lowest BCUT2D eigenvalue weighted by Gasteiger charge is -2.35. The van der Waals surface area contributed by atoms with E-state index >= 15 is 0 Å². The lowest BCUT2D eigenvalue weighted by molar-refractivity contribution is 0.0277. The first-order valence-corrected chi connectivity index (χ1v) is 6.80. The van der Waals surface area contributed by atoms with Gasteiger partial charge in [-0.2, -0.15) is 0 Å². The summed E-state index contributed by atoms with van der Waals surface area (Å²) in [4.78, 5) is 2.35. The molecule has 0 bridgehead atoms. The standard InChI is InChI=1S/C15H24N2O/c1-17(10-12-7-15(18)8-12)11-14(9-16)13-5-3-2-4-6-13/h2-6,12,14-15,18H,7-11,16H2,1H3. The van der Waals surface area contributed by atoms with Crippen molar-refractivity contribution in [3.63, 3.8) is 0 Å². The molecule has 0 saturated heterocycles. The van der Waals surface area contributed by atoms with Crippen LogP contribution in [0.2, 0.25) is 0 Å². The molecule has 1 atom stereocenters. The molecule has 1 aromatic rings. The van der Waals surface area contributed by atoms with E-state index in [1.165, 1.54) is 5.56 Å². The quantitative estimate of drug-likeness (QED) is 0.801. The summed E-state index contributed by atoms with van der Waals surface area (Å²) >= 11 is 0. The Morgan fingerprint density at radius 1 is 1.33 bits per heavy atom. The number of benzene rings is 1. The van der Waals surface area contributed by atoms with Gasteiger partial charge in [-0.1, -0.05) is 30.3 Å². The molecule has 0 aromatic heterocycles. The summed E-state index contributed by atoms with van der Waals surface area (Å²) in [5.74, 6) is 1.07. The van der Waals surface area contributed by atoms with Crippen molar-refractivity contribution in [2.45, 2.75) is 24.9 Å². The van der Waals surface area contributed by atoms with Crippen LogP contribution in [0.5, 0.6) is 0 Å². The van der Waals surface area contributed by atoms with E-state index in [9.17, 15) is 5.11 Å². The van der Waals surface area contributed by atoms with E-state index in [-0.39, 0.29) is 6.10 Å². The van der Waals surface area contributed by atoms with Crippen LogP contribution in [0.15, 0.2) is 30.3 Å². The Morgan fingerprint density at radius 2 is 2.00 bits per heavy atom. The first-order chi connectivity index (χ1) is 8.69. The van der Waals surface area contributed by atoms with Crippen LogP contribution in [0.4, 0.5) is 0 Å². The van der Waals surface area contributed by atoms with E-state index in [0.29, 0.717) is 18.4 Å². The van der Waals surface area contributed by atoms with Crippen molar-refractivity contribution in [3.8, 4) is 0 Å². The Kier molecular flexibility index (Phi) is 4.75. The fourth-order valence-corrected chi connectivity index (χ4v) is 2.78. The molecule has 1 aliphatic rings. The predicted octanol–water partition coefficient (Wildman–Crippen LogP) is 1.43. The Morgan fingerprint density at radius 3 is 2.56 bits per heavy atom. The van der Waals surface area contributed by atoms with Gasteiger partial charge in [0, 0.05) is 25.6 Å². The molecular weight excluding hydrogens is 224 g/mol. The minimum atomic E-state index is -0.0529. The van der Waals surface area contributed by atoms with Crippen molar-refractivity contribution < 1.29 is 5.11 Å². The molecule has 0 amide bonds. The van der Waals surface area contributed by atoms with Crippen molar-refractivity contribution in [2.75, 3.05) is 26.7 Å². The maximum Gasteiger partial charge on any atom is 0.0546 e. The van der Waals surface area contributed by atoms with Crippen molar-refractivity contribution in [2.24, 2.45) is 11.7 Å². The van der Waals surface area contributed by atoms with Crippen LogP contribution in [-0.2, 0) is 0 Å². The van der Waals surface area contributed by atoms with E-state index in [1.807, 2.05) is 6.07 Å². The summed E-state index contributed by atoms with van der Waals surface area (Å²) in [5, 5.41) is 9.30. The van der Waals surface area contributed by atoms with Crippen LogP contribution >= 0.6 is 0 Å². The third-order valence-electron chi connectivity index (χ3n) is 3.87. The van der Waals surface area contributed by atoms with Gasteiger partial charge in [0.15, 0.2) is 0 Å². The van der Waals surface area contributed by atoms with E-state index in [1.54, 1.807) is 0 Å². The molecule has 18 heavy (non-hydrogen) atoms. The molecule has 100 valence electrons. The topological polar surface area (TPSA) is 49.5 Å². The van der Waals surface area contributed by atoms with E-state index in [4.69, 9.17) is 5.73 Å². The first-order valence-electron chi connectivity index (χ1n) is 6.80. The smallest absolute Gasteiger partial charge is 0.0546 e. The highest BCUT2D eigenvalue weighted by Gasteiger charge is 2.28. The van der Waals surface area contributed by atoms with Crippen molar-refractivity contribution >= 4 is 0 Å². The van der Waals surface area contributed by atoms with Crippen LogP contribution in [-0.4, -0.2) is 42.8 Å². The van der Waals surface area contributed by atoms with Gasteiger partial charge >= 0.3 is 0 Å². The molecule has 3 nitrogen and oxygen atoms in total. The third-order valence-corrected chi connectivity index (χ3v) is 3.87. The molecule has 3 N–H and O–H groups in total. The summed E-state index contributed by atoms with van der Waals surface area (Å²) in [6.07, 6.45) is 1.87. The highest BCUT2D eigenvalue weighted by molar-refractivity contribution is 5.20. The maximum atomic E-state index is 9.30. The summed E-state index contributed by atoms with van der Waals surface area (Å²) < 4.78 is 0. The molecule has 0 aliphatic heterocycles. The first kappa shape index (κ1) is 13.5. The number of aliphatic hydroxyl groups excluding tert-OH is 1. The number of hydrogen-bond acceptors (Lipinski definition) is 3. The zero-order valence-corrected chi connectivity index (χ0v) is 11.1. The van der Waals surface area contributed by atoms with E-state index in [0.717, 1.165) is 25.9 Å². The molecule has 1 fully saturated rings. The van der Waals surface area contributed by atoms with Gasteiger partial charge in [0.25, 0.3) is 0 Å². The number of nitrogens with zero attached hydrogens (tertiary/aromatic N) is 1. The molecule has 1 unspecified atom stereocenters. The Labute approximate surface area is 110 Å². The highest BCUT2D eigenvalue weighted by Crippen LogP contribution is 2.28. The van der Waals surface area contributed by atoms with Gasteiger partial charge in [0.1, 0.15) is 0 Å². The largest absolute Gasteiger partial charge is 0.393 e. The van der Waals surface area contributed by atoms with Gasteiger partial charge in [-0.05, 0) is 31.4 Å². The SMILES string of the molecule is CN(CC1CC(O)C1)CC(CN)c1ccccc1. The Balaban J connectivity index is 1.82. The van der Waals surface area contributed by atoms with Gasteiger partial charge in [-0.3, -0.25) is 0 Å². The second-order valence-corrected chi connectivity index (χ2v) is 5.56. The van der Waals surface area contributed by atoms with Crippen LogP contribution in [0.1, 0.15) is 24.3 Å². The Hall–Kier alpha value is -0.900. The van der Waals surface area contributed by atoms with E-state index in [2.05, 4.69) is 36.2 Å². The fraction of sp³-hybridized carbons (Fsp3) is 0.600. The van der Waals surface area contributed by atoms with Gasteiger partial charge < -0.3 is 15.7 Å². The van der Waals surface area contributed by atoms with Gasteiger partial charge in [0.05, 0.1) is 6.10 Å². The molecule has 2 rings (SSSR count). The molecule has 1 aromatic carbocycles. The normalized spacial score (nSPS) is 24.9. The van der Waals surface area contributed by atoms with Crippen LogP contribution in [0.3, 0.4) is 0 Å². The summed E-state index contributed by atoms with van der Waals surface area (Å²) in [7, 11) is 2.15. The molecule has 3 heteroatoms. The van der Waals surface area contributed by atoms with Gasteiger partial charge in [-0.15, -0.1) is 0 Å². The predicted molar refractivity (Wildman–Crippen MR) is 74.5 cm³/mol. The molecule has 0 heterocycles. The fourth-order valence-electron chi connectivity index (χ4n) is 2.78. The second kappa shape index (κ2) is 6.32.